The van der Waals surface area contributed by atoms with Crippen LogP contribution in [0.1, 0.15) is 11.1 Å². The summed E-state index contributed by atoms with van der Waals surface area (Å²) < 4.78 is 19.4. The van der Waals surface area contributed by atoms with Gasteiger partial charge in [0.05, 0.1) is 0 Å². The maximum absolute atomic E-state index is 12.9. The summed E-state index contributed by atoms with van der Waals surface area (Å²) in [6.45, 7) is 2.23. The van der Waals surface area contributed by atoms with Crippen molar-refractivity contribution in [3.05, 3.63) is 58.1 Å². The van der Waals surface area contributed by atoms with E-state index in [2.05, 4.69) is 20.9 Å². The van der Waals surface area contributed by atoms with E-state index in [0.717, 1.165) is 15.6 Å². The van der Waals surface area contributed by atoms with Crippen LogP contribution in [0.5, 0.6) is 5.75 Å². The van der Waals surface area contributed by atoms with E-state index in [9.17, 15) is 4.39 Å². The highest BCUT2D eigenvalue weighted by Gasteiger charge is 2.02. The van der Waals surface area contributed by atoms with Crippen LogP contribution in [0.2, 0.25) is 0 Å². The largest absolute Gasteiger partial charge is 0.489 e. The number of rotatable bonds is 3. The normalized spacial score (nSPS) is 10.3. The topological polar surface area (TPSA) is 22.1 Å². The van der Waals surface area contributed by atoms with Gasteiger partial charge in [0, 0.05) is 22.4 Å². The first-order chi connectivity index (χ1) is 8.15. The second kappa shape index (κ2) is 5.27. The van der Waals surface area contributed by atoms with E-state index in [1.165, 1.54) is 12.1 Å². The molecule has 0 saturated heterocycles. The standard InChI is InChI=1S/C13H11BrFNO/c1-9-4-12(15)2-3-13(9)17-8-10-5-11(14)7-16-6-10/h2-7H,8H2,1H3. The molecule has 0 amide bonds. The van der Waals surface area contributed by atoms with Gasteiger partial charge in [0.15, 0.2) is 0 Å². The first-order valence-electron chi connectivity index (χ1n) is 5.13. The van der Waals surface area contributed by atoms with Gasteiger partial charge in [0.2, 0.25) is 0 Å². The summed E-state index contributed by atoms with van der Waals surface area (Å²) in [5.41, 5.74) is 1.75. The van der Waals surface area contributed by atoms with Crippen LogP contribution < -0.4 is 4.74 Å². The highest BCUT2D eigenvalue weighted by atomic mass is 79.9. The summed E-state index contributed by atoms with van der Waals surface area (Å²) >= 11 is 3.34. The van der Waals surface area contributed by atoms with Crippen molar-refractivity contribution in [2.45, 2.75) is 13.5 Å². The van der Waals surface area contributed by atoms with E-state index in [1.54, 1.807) is 18.5 Å². The minimum absolute atomic E-state index is 0.251. The summed E-state index contributed by atoms with van der Waals surface area (Å²) in [6, 6.07) is 6.41. The van der Waals surface area contributed by atoms with E-state index in [4.69, 9.17) is 4.74 Å². The summed E-state index contributed by atoms with van der Waals surface area (Å²) in [6.07, 6.45) is 3.45. The smallest absolute Gasteiger partial charge is 0.123 e. The van der Waals surface area contributed by atoms with Crippen LogP contribution in [0, 0.1) is 12.7 Å². The van der Waals surface area contributed by atoms with Gasteiger partial charge in [-0.3, -0.25) is 4.98 Å². The second-order valence-corrected chi connectivity index (χ2v) is 4.63. The minimum Gasteiger partial charge on any atom is -0.489 e. The third-order valence-corrected chi connectivity index (χ3v) is 2.73. The second-order valence-electron chi connectivity index (χ2n) is 3.71. The zero-order chi connectivity index (χ0) is 12.3. The Kier molecular flexibility index (Phi) is 3.74. The summed E-state index contributed by atoms with van der Waals surface area (Å²) in [5.74, 6) is 0.436. The molecule has 2 nitrogen and oxygen atoms in total. The predicted octanol–water partition coefficient (Wildman–Crippen LogP) is 3.87. The van der Waals surface area contributed by atoms with Gasteiger partial charge in [0.1, 0.15) is 18.2 Å². The fraction of sp³-hybridized carbons (Fsp3) is 0.154. The van der Waals surface area contributed by atoms with Crippen molar-refractivity contribution in [1.82, 2.24) is 4.98 Å². The lowest BCUT2D eigenvalue weighted by Crippen LogP contribution is -1.97. The van der Waals surface area contributed by atoms with Crippen molar-refractivity contribution in [2.75, 3.05) is 0 Å². The van der Waals surface area contributed by atoms with Gasteiger partial charge in [-0.25, -0.2) is 4.39 Å². The lowest BCUT2D eigenvalue weighted by Gasteiger charge is -2.09. The molecule has 1 aromatic heterocycles. The summed E-state index contributed by atoms with van der Waals surface area (Å²) in [4.78, 5) is 4.05. The maximum atomic E-state index is 12.9. The van der Waals surface area contributed by atoms with Crippen LogP contribution in [0.15, 0.2) is 41.1 Å². The van der Waals surface area contributed by atoms with Gasteiger partial charge < -0.3 is 4.74 Å². The van der Waals surface area contributed by atoms with Crippen LogP contribution in [0.3, 0.4) is 0 Å². The van der Waals surface area contributed by atoms with Crippen LogP contribution in [0.4, 0.5) is 4.39 Å². The van der Waals surface area contributed by atoms with Crippen LogP contribution in [-0.2, 0) is 6.61 Å². The molecule has 88 valence electrons. The monoisotopic (exact) mass is 295 g/mol. The minimum atomic E-state index is -0.251. The third-order valence-electron chi connectivity index (χ3n) is 2.29. The zero-order valence-electron chi connectivity index (χ0n) is 9.28. The van der Waals surface area contributed by atoms with Crippen LogP contribution in [-0.4, -0.2) is 4.98 Å². The van der Waals surface area contributed by atoms with E-state index < -0.39 is 0 Å². The highest BCUT2D eigenvalue weighted by Crippen LogP contribution is 2.20. The number of hydrogen-bond acceptors (Lipinski definition) is 2. The number of aromatic nitrogens is 1. The molecular weight excluding hydrogens is 285 g/mol. The van der Waals surface area contributed by atoms with Gasteiger partial charge in [-0.05, 0) is 52.7 Å². The molecule has 1 aromatic carbocycles. The van der Waals surface area contributed by atoms with Gasteiger partial charge in [-0.1, -0.05) is 0 Å². The average molecular weight is 296 g/mol. The van der Waals surface area contributed by atoms with Gasteiger partial charge >= 0.3 is 0 Å². The molecular formula is C13H11BrFNO. The predicted molar refractivity (Wildman–Crippen MR) is 67.4 cm³/mol. The number of benzene rings is 1. The Hall–Kier alpha value is -1.42. The molecule has 0 aliphatic heterocycles. The molecule has 0 aliphatic carbocycles. The maximum Gasteiger partial charge on any atom is 0.123 e. The fourth-order valence-electron chi connectivity index (χ4n) is 1.47. The molecule has 0 bridgehead atoms. The van der Waals surface area contributed by atoms with Crippen molar-refractivity contribution < 1.29 is 9.13 Å². The van der Waals surface area contributed by atoms with Crippen molar-refractivity contribution in [1.29, 1.82) is 0 Å². The third kappa shape index (κ3) is 3.27. The van der Waals surface area contributed by atoms with Crippen molar-refractivity contribution in [3.8, 4) is 5.75 Å². The first kappa shape index (κ1) is 12.0. The number of nitrogens with zero attached hydrogens (tertiary/aromatic N) is 1. The number of aryl methyl sites for hydroxylation is 1. The quantitative estimate of drug-likeness (QED) is 0.857. The Morgan fingerprint density at radius 1 is 1.29 bits per heavy atom. The molecule has 0 saturated carbocycles. The van der Waals surface area contributed by atoms with Crippen molar-refractivity contribution in [3.63, 3.8) is 0 Å². The van der Waals surface area contributed by atoms with E-state index in [0.29, 0.717) is 12.4 Å². The average Bonchev–Trinajstić information content (AvgIpc) is 2.28. The molecule has 0 fully saturated rings. The fourth-order valence-corrected chi connectivity index (χ4v) is 1.88. The Morgan fingerprint density at radius 3 is 2.82 bits per heavy atom. The van der Waals surface area contributed by atoms with Gasteiger partial charge in [0.25, 0.3) is 0 Å². The lowest BCUT2D eigenvalue weighted by molar-refractivity contribution is 0.303. The Labute approximate surface area is 108 Å². The SMILES string of the molecule is Cc1cc(F)ccc1OCc1cncc(Br)c1. The molecule has 17 heavy (non-hydrogen) atoms. The molecule has 0 aliphatic rings. The van der Waals surface area contributed by atoms with Gasteiger partial charge in [-0.2, -0.15) is 0 Å². The van der Waals surface area contributed by atoms with E-state index >= 15 is 0 Å². The molecule has 1 heterocycles. The van der Waals surface area contributed by atoms with Crippen LogP contribution in [0.25, 0.3) is 0 Å². The Bertz CT molecular complexity index is 531. The number of pyridine rings is 1. The molecule has 0 atom stereocenters. The highest BCUT2D eigenvalue weighted by molar-refractivity contribution is 9.10. The first-order valence-corrected chi connectivity index (χ1v) is 5.93. The number of ether oxygens (including phenoxy) is 1. The van der Waals surface area contributed by atoms with E-state index in [-0.39, 0.29) is 5.82 Å². The molecule has 4 heteroatoms. The molecule has 0 spiro atoms. The summed E-state index contributed by atoms with van der Waals surface area (Å²) in [7, 11) is 0. The Balaban J connectivity index is 2.07. The summed E-state index contributed by atoms with van der Waals surface area (Å²) in [5, 5.41) is 0. The van der Waals surface area contributed by atoms with E-state index in [1.807, 2.05) is 13.0 Å². The van der Waals surface area contributed by atoms with Crippen molar-refractivity contribution >= 4 is 15.9 Å². The number of halogens is 2. The molecule has 0 N–H and O–H groups in total. The lowest BCUT2D eigenvalue weighted by atomic mass is 10.2. The van der Waals surface area contributed by atoms with Crippen molar-refractivity contribution in [2.24, 2.45) is 0 Å². The Morgan fingerprint density at radius 2 is 2.12 bits per heavy atom. The molecule has 0 radical (unpaired) electrons. The van der Waals surface area contributed by atoms with Gasteiger partial charge in [-0.15, -0.1) is 0 Å². The zero-order valence-corrected chi connectivity index (χ0v) is 10.9. The number of hydrogen-bond donors (Lipinski definition) is 0. The molecule has 0 unspecified atom stereocenters. The van der Waals surface area contributed by atoms with Crippen LogP contribution >= 0.6 is 15.9 Å². The molecule has 2 aromatic rings. The molecule has 2 rings (SSSR count).